The van der Waals surface area contributed by atoms with E-state index in [9.17, 15) is 0 Å². The van der Waals surface area contributed by atoms with Crippen molar-refractivity contribution in [1.82, 2.24) is 0 Å². The van der Waals surface area contributed by atoms with Crippen molar-refractivity contribution in [1.29, 1.82) is 0 Å². The first-order valence-electron chi connectivity index (χ1n) is 20.1. The molecule has 4 bridgehead atoms. The number of hydrogen-bond donors (Lipinski definition) is 0. The van der Waals surface area contributed by atoms with Crippen molar-refractivity contribution in [3.8, 4) is 0 Å². The summed E-state index contributed by atoms with van der Waals surface area (Å²) in [5.41, 5.74) is 17.0. The Morgan fingerprint density at radius 2 is 1.00 bits per heavy atom. The molecule has 0 saturated carbocycles. The summed E-state index contributed by atoms with van der Waals surface area (Å²) in [5, 5.41) is 5.23. The van der Waals surface area contributed by atoms with Gasteiger partial charge in [-0.2, -0.15) is 0 Å². The summed E-state index contributed by atoms with van der Waals surface area (Å²) in [4.78, 5) is 0. The molecule has 0 amide bonds. The first-order chi connectivity index (χ1) is 23.3. The molecule has 1 aliphatic heterocycles. The number of unbranched alkanes of at least 4 members (excludes halogenated alkanes) is 2. The average molecular weight is 750 g/mol. The summed E-state index contributed by atoms with van der Waals surface area (Å²) >= 11 is -3.25. The summed E-state index contributed by atoms with van der Waals surface area (Å²) in [6.45, 7) is 32.6. The Labute approximate surface area is 306 Å². The Bertz CT molecular complexity index is 1670. The molecule has 2 aliphatic carbocycles. The van der Waals surface area contributed by atoms with E-state index in [1.54, 1.807) is 49.7 Å². The van der Waals surface area contributed by atoms with Crippen LogP contribution in [-0.2, 0) is 20.3 Å². The first kappa shape index (κ1) is 37.0. The van der Waals surface area contributed by atoms with E-state index >= 15 is 0 Å². The van der Waals surface area contributed by atoms with E-state index in [2.05, 4.69) is 144 Å². The number of hydrogen-bond acceptors (Lipinski definition) is 0. The van der Waals surface area contributed by atoms with Gasteiger partial charge in [0.25, 0.3) is 0 Å². The SMILES string of the molecule is CCC[CH2][Zr]1([CH2]CCC)[CH]2C(C)=C(c3c(C(C)C)cc(C(C)C)cc32)[Si](C)(c2ccccc2)C2=C(C)[CH]1c1cc(C(C)C)cc(C(C)C)c12. The molecule has 6 rings (SSSR count). The topological polar surface area (TPSA) is 0 Å². The molecule has 2 atom stereocenters. The minimum absolute atomic E-state index is 0.499. The maximum atomic E-state index is 2.79. The Morgan fingerprint density at radius 3 is 1.35 bits per heavy atom. The van der Waals surface area contributed by atoms with Crippen LogP contribution in [0.2, 0.25) is 14.8 Å². The number of benzene rings is 3. The molecule has 262 valence electrons. The van der Waals surface area contributed by atoms with Gasteiger partial charge in [0.15, 0.2) is 0 Å². The van der Waals surface area contributed by atoms with Crippen molar-refractivity contribution in [3.63, 3.8) is 0 Å². The Hall–Kier alpha value is -1.76. The molecule has 0 nitrogen and oxygen atoms in total. The van der Waals surface area contributed by atoms with Crippen LogP contribution in [0.5, 0.6) is 0 Å². The summed E-state index contributed by atoms with van der Waals surface area (Å²) in [5.74, 6) is 2.07. The van der Waals surface area contributed by atoms with Crippen molar-refractivity contribution in [2.45, 2.75) is 154 Å². The molecule has 1 heterocycles. The van der Waals surface area contributed by atoms with Gasteiger partial charge in [0.2, 0.25) is 0 Å². The van der Waals surface area contributed by atoms with Gasteiger partial charge in [0.05, 0.1) is 0 Å². The molecule has 0 spiro atoms. The van der Waals surface area contributed by atoms with Gasteiger partial charge >= 0.3 is 309 Å². The van der Waals surface area contributed by atoms with Crippen molar-refractivity contribution < 1.29 is 20.3 Å². The predicted octanol–water partition coefficient (Wildman–Crippen LogP) is 14.2. The predicted molar refractivity (Wildman–Crippen MR) is 217 cm³/mol. The average Bonchev–Trinajstić information content (AvgIpc) is 3.55. The van der Waals surface area contributed by atoms with Gasteiger partial charge in [-0.05, 0) is 0 Å². The van der Waals surface area contributed by atoms with Crippen molar-refractivity contribution in [2.75, 3.05) is 0 Å². The fourth-order valence-corrected chi connectivity index (χ4v) is 35.2. The zero-order chi connectivity index (χ0) is 35.6. The van der Waals surface area contributed by atoms with Crippen LogP contribution in [0.4, 0.5) is 0 Å². The van der Waals surface area contributed by atoms with Gasteiger partial charge in [0, 0.05) is 0 Å². The second-order valence-corrected chi connectivity index (χ2v) is 32.9. The molecule has 0 saturated heterocycles. The first-order valence-corrected chi connectivity index (χ1v) is 28.9. The van der Waals surface area contributed by atoms with Gasteiger partial charge in [-0.25, -0.2) is 0 Å². The van der Waals surface area contributed by atoms with E-state index in [4.69, 9.17) is 0 Å². The van der Waals surface area contributed by atoms with Crippen LogP contribution in [-0.4, -0.2) is 8.07 Å². The minimum atomic E-state index is -3.25. The van der Waals surface area contributed by atoms with Crippen LogP contribution in [0.3, 0.4) is 0 Å². The third-order valence-corrected chi connectivity index (χ3v) is 33.7. The van der Waals surface area contributed by atoms with E-state index < -0.39 is 28.3 Å². The Morgan fingerprint density at radius 1 is 0.592 bits per heavy atom. The summed E-state index contributed by atoms with van der Waals surface area (Å²) < 4.78 is 4.32. The van der Waals surface area contributed by atoms with E-state index in [1.807, 2.05) is 21.5 Å². The third kappa shape index (κ3) is 5.68. The monoisotopic (exact) mass is 748 g/mol. The Kier molecular flexibility index (Phi) is 10.6. The number of fused-ring (bicyclic) bond motifs is 8. The fourth-order valence-electron chi connectivity index (χ4n) is 11.0. The maximum absolute atomic E-state index is 3.25. The van der Waals surface area contributed by atoms with E-state index in [0.29, 0.717) is 30.9 Å². The molecule has 0 fully saturated rings. The third-order valence-electron chi connectivity index (χ3n) is 13.3. The fraction of sp³-hybridized carbons (Fsp3) is 0.532. The zero-order valence-electron chi connectivity index (χ0n) is 33.4. The normalized spacial score (nSPS) is 22.5. The molecule has 3 aliphatic rings. The summed E-state index contributed by atoms with van der Waals surface area (Å²) in [6, 6.07) is 22.8. The molecule has 0 N–H and O–H groups in total. The molecular weight excluding hydrogens is 684 g/mol. The zero-order valence-corrected chi connectivity index (χ0v) is 36.9. The Balaban J connectivity index is 1.88. The number of rotatable bonds is 11. The van der Waals surface area contributed by atoms with Crippen LogP contribution >= 0.6 is 0 Å². The van der Waals surface area contributed by atoms with Crippen LogP contribution < -0.4 is 5.19 Å². The van der Waals surface area contributed by atoms with Crippen molar-refractivity contribution >= 4 is 23.7 Å². The van der Waals surface area contributed by atoms with Gasteiger partial charge in [-0.3, -0.25) is 0 Å². The van der Waals surface area contributed by atoms with Crippen LogP contribution in [0.1, 0.15) is 184 Å². The molecule has 3 aromatic carbocycles. The molecule has 49 heavy (non-hydrogen) atoms. The second kappa shape index (κ2) is 14.0. The molecule has 2 heteroatoms. The molecule has 0 aromatic heterocycles. The van der Waals surface area contributed by atoms with Gasteiger partial charge in [-0.15, -0.1) is 0 Å². The van der Waals surface area contributed by atoms with Crippen LogP contribution in [0.25, 0.3) is 10.4 Å². The molecule has 0 radical (unpaired) electrons. The van der Waals surface area contributed by atoms with E-state index in [-0.39, 0.29) is 0 Å². The van der Waals surface area contributed by atoms with Crippen LogP contribution in [0.15, 0.2) is 65.7 Å². The molecule has 2 unspecified atom stereocenters. The standard InChI is InChI=1S/C39H48Si.2C4H9.Zr/c1-23(2)29-19-31-17-27(9)38(36(31)34(21-29)25(5)6)40(11,33-15-13-12-14-16-33)39-28(10)18-32-20-30(24(3)4)22-35(26(7)8)37(32)39;2*1-3-4-2;/h12-26H,1-11H3;2*1,3-4H2,2H3;. The van der Waals surface area contributed by atoms with Gasteiger partial charge < -0.3 is 0 Å². The summed E-state index contributed by atoms with van der Waals surface area (Å²) in [7, 11) is -2.48. The van der Waals surface area contributed by atoms with Crippen molar-refractivity contribution in [2.24, 2.45) is 0 Å². The van der Waals surface area contributed by atoms with E-state index in [0.717, 1.165) is 0 Å². The van der Waals surface area contributed by atoms with Crippen LogP contribution in [0, 0.1) is 0 Å². The molecule has 3 aromatic rings. The van der Waals surface area contributed by atoms with Gasteiger partial charge in [-0.1, -0.05) is 0 Å². The molecular formula is C47H66SiZr. The number of allylic oxidation sites excluding steroid dienone is 2. The van der Waals surface area contributed by atoms with E-state index in [1.165, 1.54) is 33.9 Å². The summed E-state index contributed by atoms with van der Waals surface area (Å²) in [6.07, 6.45) is 5.38. The van der Waals surface area contributed by atoms with Crippen molar-refractivity contribution in [3.05, 3.63) is 110 Å². The second-order valence-electron chi connectivity index (χ2n) is 17.7. The van der Waals surface area contributed by atoms with Gasteiger partial charge in [0.1, 0.15) is 0 Å². The quantitative estimate of drug-likeness (QED) is 0.171.